The number of nitrogens with zero attached hydrogens (tertiary/aromatic N) is 3. The van der Waals surface area contributed by atoms with Gasteiger partial charge in [-0.2, -0.15) is 0 Å². The van der Waals surface area contributed by atoms with Crippen LogP contribution in [0.3, 0.4) is 0 Å². The van der Waals surface area contributed by atoms with Crippen LogP contribution in [0.5, 0.6) is 0 Å². The Balaban J connectivity index is 1.72. The van der Waals surface area contributed by atoms with Crippen molar-refractivity contribution in [3.05, 3.63) is 21.8 Å². The quantitative estimate of drug-likeness (QED) is 0.379. The van der Waals surface area contributed by atoms with Crippen LogP contribution in [0.4, 0.5) is 5.00 Å². The zero-order chi connectivity index (χ0) is 24.1. The molecule has 3 N–H and O–H groups in total. The van der Waals surface area contributed by atoms with Gasteiger partial charge in [-0.05, 0) is 39.2 Å². The number of hydrogen-bond acceptors (Lipinski definition) is 9. The maximum Gasteiger partial charge on any atom is 0.341 e. The zero-order valence-electron chi connectivity index (χ0n) is 19.2. The first-order valence-electron chi connectivity index (χ1n) is 10.8. The van der Waals surface area contributed by atoms with Crippen LogP contribution in [0.2, 0.25) is 0 Å². The summed E-state index contributed by atoms with van der Waals surface area (Å²) in [4.78, 5) is 37.3. The average Bonchev–Trinajstić information content (AvgIpc) is 3.46. The average molecular weight is 496 g/mol. The minimum Gasteiger partial charge on any atom is -0.459 e. The Kier molecular flexibility index (Phi) is 8.49. The number of rotatable bonds is 10. The number of nitrogens with one attached hydrogen (secondary N) is 1. The van der Waals surface area contributed by atoms with Crippen LogP contribution in [0.15, 0.2) is 5.16 Å². The predicted octanol–water partition coefficient (Wildman–Crippen LogP) is 2.78. The maximum absolute atomic E-state index is 12.7. The summed E-state index contributed by atoms with van der Waals surface area (Å²) in [7, 11) is 0. The second-order valence-corrected chi connectivity index (χ2v) is 9.88. The maximum atomic E-state index is 12.7. The van der Waals surface area contributed by atoms with Crippen molar-refractivity contribution in [2.45, 2.75) is 70.9 Å². The van der Waals surface area contributed by atoms with E-state index in [0.29, 0.717) is 17.3 Å². The number of esters is 1. The number of ether oxygens (including phenoxy) is 2. The summed E-state index contributed by atoms with van der Waals surface area (Å²) >= 11 is 2.22. The number of primary amides is 1. The lowest BCUT2D eigenvalue weighted by atomic mass is 10.1. The number of carbonyl (C=O) groups is 3. The highest BCUT2D eigenvalue weighted by molar-refractivity contribution is 7.99. The Morgan fingerprint density at radius 3 is 2.73 bits per heavy atom. The first-order valence-corrected chi connectivity index (χ1v) is 12.6. The van der Waals surface area contributed by atoms with E-state index in [1.165, 1.54) is 11.8 Å². The Labute approximate surface area is 200 Å². The fourth-order valence-electron chi connectivity index (χ4n) is 3.51. The molecule has 180 valence electrons. The molecule has 1 unspecified atom stereocenters. The number of anilines is 1. The largest absolute Gasteiger partial charge is 0.459 e. The van der Waals surface area contributed by atoms with Crippen LogP contribution in [-0.2, 0) is 27.2 Å². The van der Waals surface area contributed by atoms with Crippen LogP contribution in [0.25, 0.3) is 0 Å². The topological polar surface area (TPSA) is 138 Å². The third kappa shape index (κ3) is 6.12. The molecule has 1 aliphatic rings. The van der Waals surface area contributed by atoms with Crippen molar-refractivity contribution in [2.24, 2.45) is 5.73 Å². The summed E-state index contributed by atoms with van der Waals surface area (Å²) in [6.45, 7) is 8.47. The first-order chi connectivity index (χ1) is 15.7. The summed E-state index contributed by atoms with van der Waals surface area (Å²) < 4.78 is 13.0. The molecule has 10 nitrogen and oxygen atoms in total. The summed E-state index contributed by atoms with van der Waals surface area (Å²) in [5.74, 6) is -0.736. The molecule has 0 radical (unpaired) electrons. The van der Waals surface area contributed by atoms with E-state index in [-0.39, 0.29) is 39.3 Å². The molecule has 1 saturated heterocycles. The normalized spacial score (nSPS) is 15.7. The van der Waals surface area contributed by atoms with Gasteiger partial charge in [0.2, 0.25) is 5.91 Å². The molecule has 12 heteroatoms. The van der Waals surface area contributed by atoms with Crippen LogP contribution < -0.4 is 11.1 Å². The van der Waals surface area contributed by atoms with E-state index in [1.54, 1.807) is 20.8 Å². The molecular formula is C21H29N5O5S2. The number of aryl methyl sites for hydroxylation is 1. The minimum atomic E-state index is -0.666. The van der Waals surface area contributed by atoms with Crippen molar-refractivity contribution in [1.29, 1.82) is 0 Å². The highest BCUT2D eigenvalue weighted by Gasteiger charge is 2.27. The van der Waals surface area contributed by atoms with Crippen molar-refractivity contribution in [3.8, 4) is 0 Å². The van der Waals surface area contributed by atoms with Gasteiger partial charge in [0.15, 0.2) is 5.16 Å². The molecule has 2 aromatic rings. The lowest BCUT2D eigenvalue weighted by molar-refractivity contribution is -0.113. The molecule has 0 saturated carbocycles. The van der Waals surface area contributed by atoms with Gasteiger partial charge in [0.1, 0.15) is 10.8 Å². The Hall–Kier alpha value is -2.44. The number of amides is 2. The summed E-state index contributed by atoms with van der Waals surface area (Å²) in [5.41, 5.74) is 5.98. The second-order valence-electron chi connectivity index (χ2n) is 7.91. The van der Waals surface area contributed by atoms with Gasteiger partial charge in [0.05, 0.1) is 34.9 Å². The smallest absolute Gasteiger partial charge is 0.341 e. The molecule has 1 fully saturated rings. The molecule has 0 spiro atoms. The molecule has 33 heavy (non-hydrogen) atoms. The monoisotopic (exact) mass is 495 g/mol. The predicted molar refractivity (Wildman–Crippen MR) is 126 cm³/mol. The zero-order valence-corrected chi connectivity index (χ0v) is 20.8. The van der Waals surface area contributed by atoms with E-state index in [9.17, 15) is 14.4 Å². The molecule has 2 aromatic heterocycles. The van der Waals surface area contributed by atoms with Gasteiger partial charge in [0.25, 0.3) is 5.91 Å². The molecule has 0 bridgehead atoms. The van der Waals surface area contributed by atoms with Crippen molar-refractivity contribution >= 4 is 45.9 Å². The first kappa shape index (κ1) is 25.2. The summed E-state index contributed by atoms with van der Waals surface area (Å²) in [6, 6.07) is 0. The third-order valence-corrected chi connectivity index (χ3v) is 7.21. The molecule has 1 aliphatic heterocycles. The molecule has 2 amide bonds. The molecular weight excluding hydrogens is 466 g/mol. The number of hydrogen-bond donors (Lipinski definition) is 2. The highest BCUT2D eigenvalue weighted by atomic mass is 32.2. The van der Waals surface area contributed by atoms with Gasteiger partial charge in [-0.1, -0.05) is 18.7 Å². The van der Waals surface area contributed by atoms with Crippen LogP contribution in [0.1, 0.15) is 65.0 Å². The SMILES string of the molecule is CCc1nnc(SCC(=O)Nc2sc(C(N)=O)c(C)c2C(=O)OC(C)C)n1CC1CCCO1. The van der Waals surface area contributed by atoms with Crippen LogP contribution >= 0.6 is 23.1 Å². The molecule has 0 aliphatic carbocycles. The Morgan fingerprint density at radius 2 is 2.12 bits per heavy atom. The van der Waals surface area contributed by atoms with Gasteiger partial charge < -0.3 is 25.1 Å². The van der Waals surface area contributed by atoms with E-state index >= 15 is 0 Å². The van der Waals surface area contributed by atoms with E-state index in [2.05, 4.69) is 15.5 Å². The van der Waals surface area contributed by atoms with Crippen molar-refractivity contribution in [1.82, 2.24) is 14.8 Å². The number of thiophene rings is 1. The van der Waals surface area contributed by atoms with Crippen molar-refractivity contribution in [3.63, 3.8) is 0 Å². The van der Waals surface area contributed by atoms with Crippen LogP contribution in [0, 0.1) is 6.92 Å². The van der Waals surface area contributed by atoms with E-state index < -0.39 is 11.9 Å². The second kappa shape index (κ2) is 11.1. The van der Waals surface area contributed by atoms with E-state index in [4.69, 9.17) is 15.2 Å². The number of nitrogens with two attached hydrogens (primary N) is 1. The van der Waals surface area contributed by atoms with Gasteiger partial charge in [0, 0.05) is 13.0 Å². The summed E-state index contributed by atoms with van der Waals surface area (Å²) in [6.07, 6.45) is 2.51. The van der Waals surface area contributed by atoms with E-state index in [0.717, 1.165) is 43.0 Å². The molecule has 3 heterocycles. The molecule has 0 aromatic carbocycles. The van der Waals surface area contributed by atoms with Crippen molar-refractivity contribution < 1.29 is 23.9 Å². The van der Waals surface area contributed by atoms with Crippen LogP contribution in [-0.4, -0.2) is 57.1 Å². The van der Waals surface area contributed by atoms with Gasteiger partial charge >= 0.3 is 5.97 Å². The number of carbonyl (C=O) groups excluding carboxylic acids is 3. The molecule has 3 rings (SSSR count). The Morgan fingerprint density at radius 1 is 1.36 bits per heavy atom. The van der Waals surface area contributed by atoms with Gasteiger partial charge in [-0.15, -0.1) is 21.5 Å². The highest BCUT2D eigenvalue weighted by Crippen LogP contribution is 2.34. The lowest BCUT2D eigenvalue weighted by Crippen LogP contribution is -2.19. The standard InChI is InChI=1S/C21H29N5O5S2/c1-5-14-24-25-21(26(14)9-13-7-6-8-30-13)32-10-15(27)23-19-16(20(29)31-11(2)3)12(4)17(33-19)18(22)28/h11,13H,5-10H2,1-4H3,(H2,22,28)(H,23,27). The fourth-order valence-corrected chi connectivity index (χ4v) is 5.34. The third-order valence-electron chi connectivity index (χ3n) is 5.02. The minimum absolute atomic E-state index is 0.0505. The molecule has 1 atom stereocenters. The van der Waals surface area contributed by atoms with Gasteiger partial charge in [-0.25, -0.2) is 4.79 Å². The summed E-state index contributed by atoms with van der Waals surface area (Å²) in [5, 5.41) is 12.1. The number of thioether (sulfide) groups is 1. The number of aromatic nitrogens is 3. The fraction of sp³-hybridized carbons (Fsp3) is 0.571. The lowest BCUT2D eigenvalue weighted by Gasteiger charge is -2.14. The van der Waals surface area contributed by atoms with Gasteiger partial charge in [-0.3, -0.25) is 9.59 Å². The Bertz CT molecular complexity index is 1030. The van der Waals surface area contributed by atoms with Crippen molar-refractivity contribution in [2.75, 3.05) is 17.7 Å². The van der Waals surface area contributed by atoms with E-state index in [1.807, 2.05) is 11.5 Å².